The van der Waals surface area contributed by atoms with Crippen molar-refractivity contribution >= 4 is 11.6 Å². The highest BCUT2D eigenvalue weighted by atomic mass is 16.4. The molecule has 0 bridgehead atoms. The van der Waals surface area contributed by atoms with E-state index in [1.165, 1.54) is 5.56 Å². The van der Waals surface area contributed by atoms with E-state index in [1.54, 1.807) is 6.92 Å². The quantitative estimate of drug-likeness (QED) is 0.773. The Morgan fingerprint density at radius 1 is 1.00 bits per heavy atom. The van der Waals surface area contributed by atoms with Crippen molar-refractivity contribution in [3.05, 3.63) is 65.5 Å². The molecule has 24 heavy (non-hydrogen) atoms. The standard InChI is InChI=1S/C19H19N3O2/c1-13-3-5-15(6-4-13)7-12-18(23)20-17-10-8-16(9-11-17)19-22-21-14(2)24-19/h3-6,8-11H,7,12H2,1-2H3,(H,20,23). The molecule has 1 amide bonds. The van der Waals surface area contributed by atoms with Crippen molar-refractivity contribution in [3.63, 3.8) is 0 Å². The molecule has 0 aliphatic carbocycles. The number of anilines is 1. The molecule has 3 rings (SSSR count). The van der Waals surface area contributed by atoms with Gasteiger partial charge < -0.3 is 9.73 Å². The molecule has 0 aliphatic rings. The van der Waals surface area contributed by atoms with E-state index in [0.717, 1.165) is 23.2 Å². The smallest absolute Gasteiger partial charge is 0.247 e. The van der Waals surface area contributed by atoms with Gasteiger partial charge in [0.2, 0.25) is 17.7 Å². The van der Waals surface area contributed by atoms with Crippen LogP contribution in [0.3, 0.4) is 0 Å². The molecule has 0 fully saturated rings. The molecular weight excluding hydrogens is 302 g/mol. The molecule has 0 unspecified atom stereocenters. The first-order valence-electron chi connectivity index (χ1n) is 7.86. The lowest BCUT2D eigenvalue weighted by molar-refractivity contribution is -0.116. The van der Waals surface area contributed by atoms with Gasteiger partial charge in [0.05, 0.1) is 0 Å². The molecule has 5 heteroatoms. The van der Waals surface area contributed by atoms with Gasteiger partial charge in [-0.25, -0.2) is 0 Å². The SMILES string of the molecule is Cc1ccc(CCC(=O)Nc2ccc(-c3nnc(C)o3)cc2)cc1. The zero-order valence-corrected chi connectivity index (χ0v) is 13.7. The summed E-state index contributed by atoms with van der Waals surface area (Å²) in [6.45, 7) is 3.80. The number of nitrogens with one attached hydrogen (secondary N) is 1. The van der Waals surface area contributed by atoms with Crippen LogP contribution in [0.25, 0.3) is 11.5 Å². The summed E-state index contributed by atoms with van der Waals surface area (Å²) in [5, 5.41) is 10.7. The van der Waals surface area contributed by atoms with Crippen molar-refractivity contribution in [2.24, 2.45) is 0 Å². The number of carbonyl (C=O) groups is 1. The van der Waals surface area contributed by atoms with E-state index >= 15 is 0 Å². The minimum atomic E-state index is -0.00282. The Morgan fingerprint density at radius 2 is 1.71 bits per heavy atom. The fourth-order valence-corrected chi connectivity index (χ4v) is 2.35. The first kappa shape index (κ1) is 15.9. The molecule has 3 aromatic rings. The summed E-state index contributed by atoms with van der Waals surface area (Å²) in [5.74, 6) is 1.00. The van der Waals surface area contributed by atoms with Gasteiger partial charge in [0, 0.05) is 24.6 Å². The third-order valence-corrected chi connectivity index (χ3v) is 3.70. The maximum Gasteiger partial charge on any atom is 0.247 e. The Hall–Kier alpha value is -2.95. The van der Waals surface area contributed by atoms with Gasteiger partial charge in [0.1, 0.15) is 0 Å². The Bertz CT molecular complexity index is 821. The summed E-state index contributed by atoms with van der Waals surface area (Å²) in [5.41, 5.74) is 3.97. The van der Waals surface area contributed by atoms with Crippen LogP contribution >= 0.6 is 0 Å². The molecule has 0 saturated carbocycles. The lowest BCUT2D eigenvalue weighted by Crippen LogP contribution is -2.12. The normalized spacial score (nSPS) is 10.6. The third-order valence-electron chi connectivity index (χ3n) is 3.70. The minimum Gasteiger partial charge on any atom is -0.421 e. The van der Waals surface area contributed by atoms with Crippen LogP contribution in [0.1, 0.15) is 23.4 Å². The van der Waals surface area contributed by atoms with Crippen molar-refractivity contribution in [1.82, 2.24) is 10.2 Å². The molecule has 1 N–H and O–H groups in total. The lowest BCUT2D eigenvalue weighted by Gasteiger charge is -2.06. The molecule has 0 atom stereocenters. The van der Waals surface area contributed by atoms with E-state index in [2.05, 4.69) is 46.7 Å². The Labute approximate surface area is 140 Å². The zero-order valence-electron chi connectivity index (χ0n) is 13.7. The molecule has 0 radical (unpaired) electrons. The number of amides is 1. The van der Waals surface area contributed by atoms with Crippen molar-refractivity contribution in [2.75, 3.05) is 5.32 Å². The van der Waals surface area contributed by atoms with Gasteiger partial charge in [-0.15, -0.1) is 10.2 Å². The van der Waals surface area contributed by atoms with E-state index in [4.69, 9.17) is 4.42 Å². The fourth-order valence-electron chi connectivity index (χ4n) is 2.35. The average molecular weight is 321 g/mol. The van der Waals surface area contributed by atoms with Crippen LogP contribution in [0.2, 0.25) is 0 Å². The number of aromatic nitrogens is 2. The second kappa shape index (κ2) is 7.08. The number of hydrogen-bond acceptors (Lipinski definition) is 4. The molecule has 1 aromatic heterocycles. The van der Waals surface area contributed by atoms with Crippen LogP contribution in [0.4, 0.5) is 5.69 Å². The maximum absolute atomic E-state index is 12.1. The predicted octanol–water partition coefficient (Wildman–Crippen LogP) is 3.92. The summed E-state index contributed by atoms with van der Waals surface area (Å²) in [7, 11) is 0. The van der Waals surface area contributed by atoms with Crippen LogP contribution < -0.4 is 5.32 Å². The Balaban J connectivity index is 1.55. The van der Waals surface area contributed by atoms with Gasteiger partial charge in [-0.05, 0) is 43.2 Å². The van der Waals surface area contributed by atoms with Crippen molar-refractivity contribution < 1.29 is 9.21 Å². The monoisotopic (exact) mass is 321 g/mol. The van der Waals surface area contributed by atoms with E-state index in [0.29, 0.717) is 18.2 Å². The molecule has 122 valence electrons. The van der Waals surface area contributed by atoms with Crippen LogP contribution in [-0.4, -0.2) is 16.1 Å². The van der Waals surface area contributed by atoms with Gasteiger partial charge >= 0.3 is 0 Å². The molecule has 0 saturated heterocycles. The fraction of sp³-hybridized carbons (Fsp3) is 0.211. The van der Waals surface area contributed by atoms with Gasteiger partial charge in [0.15, 0.2) is 0 Å². The number of carbonyl (C=O) groups excluding carboxylic acids is 1. The molecule has 0 spiro atoms. The number of hydrogen-bond donors (Lipinski definition) is 1. The van der Waals surface area contributed by atoms with Crippen molar-refractivity contribution in [1.29, 1.82) is 0 Å². The number of benzene rings is 2. The number of nitrogens with zero attached hydrogens (tertiary/aromatic N) is 2. The second-order valence-corrected chi connectivity index (χ2v) is 5.74. The van der Waals surface area contributed by atoms with E-state index in [9.17, 15) is 4.79 Å². The second-order valence-electron chi connectivity index (χ2n) is 5.74. The topological polar surface area (TPSA) is 68.0 Å². The number of rotatable bonds is 5. The van der Waals surface area contributed by atoms with Gasteiger partial charge in [0.25, 0.3) is 0 Å². The first-order chi connectivity index (χ1) is 11.6. The highest BCUT2D eigenvalue weighted by Gasteiger charge is 2.07. The molecule has 1 heterocycles. The highest BCUT2D eigenvalue weighted by molar-refractivity contribution is 5.91. The van der Waals surface area contributed by atoms with Crippen LogP contribution in [0.15, 0.2) is 52.9 Å². The minimum absolute atomic E-state index is 0.00282. The zero-order chi connectivity index (χ0) is 16.9. The van der Waals surface area contributed by atoms with Crippen molar-refractivity contribution in [2.45, 2.75) is 26.7 Å². The van der Waals surface area contributed by atoms with Crippen molar-refractivity contribution in [3.8, 4) is 11.5 Å². The van der Waals surface area contributed by atoms with Crippen LogP contribution in [0, 0.1) is 13.8 Å². The molecular formula is C19H19N3O2. The molecule has 2 aromatic carbocycles. The Kier molecular flexibility index (Phi) is 4.70. The van der Waals surface area contributed by atoms with E-state index in [1.807, 2.05) is 24.3 Å². The van der Waals surface area contributed by atoms with E-state index in [-0.39, 0.29) is 5.91 Å². The summed E-state index contributed by atoms with van der Waals surface area (Å²) in [6, 6.07) is 15.6. The largest absolute Gasteiger partial charge is 0.421 e. The predicted molar refractivity (Wildman–Crippen MR) is 92.6 cm³/mol. The first-order valence-corrected chi connectivity index (χ1v) is 7.86. The summed E-state index contributed by atoms with van der Waals surface area (Å²) >= 11 is 0. The summed E-state index contributed by atoms with van der Waals surface area (Å²) in [6.07, 6.45) is 1.18. The van der Waals surface area contributed by atoms with Gasteiger partial charge in [-0.3, -0.25) is 4.79 Å². The van der Waals surface area contributed by atoms with Gasteiger partial charge in [-0.2, -0.15) is 0 Å². The summed E-state index contributed by atoms with van der Waals surface area (Å²) in [4.78, 5) is 12.1. The van der Waals surface area contributed by atoms with E-state index < -0.39 is 0 Å². The average Bonchev–Trinajstić information content (AvgIpc) is 3.01. The molecule has 0 aliphatic heterocycles. The van der Waals surface area contributed by atoms with Crippen LogP contribution in [-0.2, 0) is 11.2 Å². The molecule has 5 nitrogen and oxygen atoms in total. The lowest BCUT2D eigenvalue weighted by atomic mass is 10.1. The van der Waals surface area contributed by atoms with Gasteiger partial charge in [-0.1, -0.05) is 29.8 Å². The third kappa shape index (κ3) is 4.07. The number of aryl methyl sites for hydroxylation is 3. The van der Waals surface area contributed by atoms with Crippen LogP contribution in [0.5, 0.6) is 0 Å². The Morgan fingerprint density at radius 3 is 2.33 bits per heavy atom. The highest BCUT2D eigenvalue weighted by Crippen LogP contribution is 2.20. The summed E-state index contributed by atoms with van der Waals surface area (Å²) < 4.78 is 5.38. The maximum atomic E-state index is 12.1.